The van der Waals surface area contributed by atoms with E-state index in [-0.39, 0.29) is 17.7 Å². The Morgan fingerprint density at radius 3 is 2.68 bits per heavy atom. The van der Waals surface area contributed by atoms with E-state index in [1.165, 1.54) is 6.42 Å². The van der Waals surface area contributed by atoms with Gasteiger partial charge in [0.1, 0.15) is 0 Å². The van der Waals surface area contributed by atoms with Crippen LogP contribution in [0.25, 0.3) is 0 Å². The predicted octanol–water partition coefficient (Wildman–Crippen LogP) is 1.89. The fourth-order valence-electron chi connectivity index (χ4n) is 3.40. The topological polar surface area (TPSA) is 40.6 Å². The fourth-order valence-corrected chi connectivity index (χ4v) is 3.40. The van der Waals surface area contributed by atoms with Crippen LogP contribution in [0.15, 0.2) is 0 Å². The number of nitrogens with zero attached hydrogens (tertiary/aromatic N) is 2. The van der Waals surface area contributed by atoms with Gasteiger partial charge in [0.15, 0.2) is 0 Å². The summed E-state index contributed by atoms with van der Waals surface area (Å²) in [5, 5.41) is 0. The molecule has 2 fully saturated rings. The van der Waals surface area contributed by atoms with Crippen molar-refractivity contribution in [3.05, 3.63) is 0 Å². The van der Waals surface area contributed by atoms with E-state index in [2.05, 4.69) is 18.7 Å². The van der Waals surface area contributed by atoms with Crippen molar-refractivity contribution in [2.24, 2.45) is 11.8 Å². The van der Waals surface area contributed by atoms with Crippen LogP contribution in [0.5, 0.6) is 0 Å². The molecular weight excluding hydrogens is 240 g/mol. The summed E-state index contributed by atoms with van der Waals surface area (Å²) >= 11 is 0. The van der Waals surface area contributed by atoms with E-state index in [0.29, 0.717) is 24.9 Å². The maximum Gasteiger partial charge on any atom is 0.228 e. The number of carbonyl (C=O) groups is 2. The maximum absolute atomic E-state index is 12.7. The van der Waals surface area contributed by atoms with Crippen molar-refractivity contribution < 1.29 is 9.59 Å². The lowest BCUT2D eigenvalue weighted by Gasteiger charge is -2.39. The minimum atomic E-state index is -0.105. The average molecular weight is 266 g/mol. The van der Waals surface area contributed by atoms with Crippen molar-refractivity contribution in [2.45, 2.75) is 52.5 Å². The van der Waals surface area contributed by atoms with Crippen molar-refractivity contribution in [1.82, 2.24) is 9.80 Å². The standard InChI is InChI=1S/C15H26N2O2/c1-4-16-10-12(9-14(16)18)15(19)17-8-6-5-7-13(17)11(2)3/h11-13H,4-10H2,1-3H3/t12-,13+/m1/s1. The summed E-state index contributed by atoms with van der Waals surface area (Å²) in [6, 6.07) is 0.368. The van der Waals surface area contributed by atoms with Crippen LogP contribution in [0.3, 0.4) is 0 Å². The quantitative estimate of drug-likeness (QED) is 0.782. The molecule has 0 aromatic carbocycles. The van der Waals surface area contributed by atoms with Gasteiger partial charge in [0.2, 0.25) is 11.8 Å². The summed E-state index contributed by atoms with van der Waals surface area (Å²) in [5.74, 6) is 0.747. The van der Waals surface area contributed by atoms with Crippen molar-refractivity contribution in [3.8, 4) is 0 Å². The number of piperidine rings is 1. The Morgan fingerprint density at radius 1 is 1.37 bits per heavy atom. The second-order valence-corrected chi connectivity index (χ2v) is 6.17. The summed E-state index contributed by atoms with van der Waals surface area (Å²) in [6.45, 7) is 8.57. The van der Waals surface area contributed by atoms with Gasteiger partial charge in [0, 0.05) is 32.1 Å². The highest BCUT2D eigenvalue weighted by Crippen LogP contribution is 2.27. The molecule has 0 N–H and O–H groups in total. The van der Waals surface area contributed by atoms with Crippen molar-refractivity contribution >= 4 is 11.8 Å². The van der Waals surface area contributed by atoms with Gasteiger partial charge in [-0.05, 0) is 32.1 Å². The minimum Gasteiger partial charge on any atom is -0.342 e. The zero-order valence-electron chi connectivity index (χ0n) is 12.4. The van der Waals surface area contributed by atoms with Gasteiger partial charge in [0.05, 0.1) is 5.92 Å². The van der Waals surface area contributed by atoms with Crippen LogP contribution in [0, 0.1) is 11.8 Å². The maximum atomic E-state index is 12.7. The number of hydrogen-bond donors (Lipinski definition) is 0. The van der Waals surface area contributed by atoms with Crippen LogP contribution in [-0.2, 0) is 9.59 Å². The van der Waals surface area contributed by atoms with Gasteiger partial charge in [-0.3, -0.25) is 9.59 Å². The van der Waals surface area contributed by atoms with Gasteiger partial charge in [-0.15, -0.1) is 0 Å². The Labute approximate surface area is 116 Å². The molecule has 0 aromatic heterocycles. The Kier molecular flexibility index (Phi) is 4.48. The number of likely N-dealkylation sites (tertiary alicyclic amines) is 2. The van der Waals surface area contributed by atoms with Crippen LogP contribution >= 0.6 is 0 Å². The van der Waals surface area contributed by atoms with E-state index in [0.717, 1.165) is 25.9 Å². The number of amides is 2. The molecule has 0 aromatic rings. The third kappa shape index (κ3) is 2.93. The SMILES string of the molecule is CCN1C[C@H](C(=O)N2CCCC[C@H]2C(C)C)CC1=O. The smallest absolute Gasteiger partial charge is 0.228 e. The molecule has 2 atom stereocenters. The van der Waals surface area contributed by atoms with Crippen molar-refractivity contribution in [1.29, 1.82) is 0 Å². The largest absolute Gasteiger partial charge is 0.342 e. The lowest BCUT2D eigenvalue weighted by molar-refractivity contribution is -0.140. The molecular formula is C15H26N2O2. The van der Waals surface area contributed by atoms with Crippen molar-refractivity contribution in [2.75, 3.05) is 19.6 Å². The summed E-state index contributed by atoms with van der Waals surface area (Å²) in [6.07, 6.45) is 3.85. The van der Waals surface area contributed by atoms with E-state index in [1.54, 1.807) is 4.90 Å². The number of carbonyl (C=O) groups excluding carboxylic acids is 2. The monoisotopic (exact) mass is 266 g/mol. The van der Waals surface area contributed by atoms with Gasteiger partial charge < -0.3 is 9.80 Å². The molecule has 2 aliphatic heterocycles. The van der Waals surface area contributed by atoms with Crippen LogP contribution in [-0.4, -0.2) is 47.3 Å². The molecule has 2 amide bonds. The summed E-state index contributed by atoms with van der Waals surface area (Å²) in [4.78, 5) is 28.3. The summed E-state index contributed by atoms with van der Waals surface area (Å²) in [5.41, 5.74) is 0. The van der Waals surface area contributed by atoms with E-state index < -0.39 is 0 Å². The highest BCUT2D eigenvalue weighted by atomic mass is 16.2. The Morgan fingerprint density at radius 2 is 2.11 bits per heavy atom. The number of rotatable bonds is 3. The van der Waals surface area contributed by atoms with Crippen molar-refractivity contribution in [3.63, 3.8) is 0 Å². The Bertz CT molecular complexity index is 354. The molecule has 2 rings (SSSR count). The predicted molar refractivity (Wildman–Crippen MR) is 74.6 cm³/mol. The van der Waals surface area contributed by atoms with Crippen LogP contribution in [0.1, 0.15) is 46.5 Å². The molecule has 0 radical (unpaired) electrons. The molecule has 2 aliphatic rings. The Balaban J connectivity index is 2.04. The first-order valence-corrected chi connectivity index (χ1v) is 7.62. The summed E-state index contributed by atoms with van der Waals surface area (Å²) < 4.78 is 0. The van der Waals surface area contributed by atoms with Crippen LogP contribution < -0.4 is 0 Å². The normalized spacial score (nSPS) is 28.3. The molecule has 0 bridgehead atoms. The van der Waals surface area contributed by atoms with Gasteiger partial charge in [-0.2, -0.15) is 0 Å². The second kappa shape index (κ2) is 5.93. The lowest BCUT2D eigenvalue weighted by Crippen LogP contribution is -2.49. The molecule has 0 spiro atoms. The van der Waals surface area contributed by atoms with E-state index in [9.17, 15) is 9.59 Å². The van der Waals surface area contributed by atoms with E-state index >= 15 is 0 Å². The molecule has 0 saturated carbocycles. The fraction of sp³-hybridized carbons (Fsp3) is 0.867. The highest BCUT2D eigenvalue weighted by molar-refractivity contribution is 5.89. The molecule has 2 heterocycles. The van der Waals surface area contributed by atoms with E-state index in [1.807, 2.05) is 6.92 Å². The molecule has 2 saturated heterocycles. The van der Waals surface area contributed by atoms with Gasteiger partial charge in [-0.1, -0.05) is 13.8 Å². The first-order chi connectivity index (χ1) is 9.04. The molecule has 4 nitrogen and oxygen atoms in total. The van der Waals surface area contributed by atoms with E-state index in [4.69, 9.17) is 0 Å². The van der Waals surface area contributed by atoms with Gasteiger partial charge in [0.25, 0.3) is 0 Å². The lowest BCUT2D eigenvalue weighted by atomic mass is 9.91. The summed E-state index contributed by atoms with van der Waals surface area (Å²) in [7, 11) is 0. The minimum absolute atomic E-state index is 0.105. The van der Waals surface area contributed by atoms with Crippen LogP contribution in [0.4, 0.5) is 0 Å². The Hall–Kier alpha value is -1.06. The molecule has 108 valence electrons. The van der Waals surface area contributed by atoms with Crippen LogP contribution in [0.2, 0.25) is 0 Å². The average Bonchev–Trinajstić information content (AvgIpc) is 2.79. The second-order valence-electron chi connectivity index (χ2n) is 6.17. The van der Waals surface area contributed by atoms with Gasteiger partial charge >= 0.3 is 0 Å². The first-order valence-electron chi connectivity index (χ1n) is 7.62. The third-order valence-corrected chi connectivity index (χ3v) is 4.55. The molecule has 0 aliphatic carbocycles. The van der Waals surface area contributed by atoms with Gasteiger partial charge in [-0.25, -0.2) is 0 Å². The zero-order chi connectivity index (χ0) is 14.0. The number of hydrogen-bond acceptors (Lipinski definition) is 2. The molecule has 0 unspecified atom stereocenters. The third-order valence-electron chi connectivity index (χ3n) is 4.55. The molecule has 19 heavy (non-hydrogen) atoms. The highest BCUT2D eigenvalue weighted by Gasteiger charge is 2.38. The first kappa shape index (κ1) is 14.4. The zero-order valence-corrected chi connectivity index (χ0v) is 12.4. The molecule has 4 heteroatoms.